The summed E-state index contributed by atoms with van der Waals surface area (Å²) in [5, 5.41) is 10.9. The first-order valence-electron chi connectivity index (χ1n) is 6.97. The van der Waals surface area contributed by atoms with Gasteiger partial charge in [0.25, 0.3) is 0 Å². The van der Waals surface area contributed by atoms with E-state index in [0.717, 1.165) is 11.6 Å². The Morgan fingerprint density at radius 2 is 2.15 bits per heavy atom. The zero-order chi connectivity index (χ0) is 14.3. The van der Waals surface area contributed by atoms with E-state index in [4.69, 9.17) is 0 Å². The Balaban J connectivity index is 1.93. The number of Topliss-reactive ketones (excluding diaryl/α,β-unsaturated/α-hetero) is 1. The maximum atomic E-state index is 11.9. The number of carbonyl (C=O) groups excluding carboxylic acids is 2. The van der Waals surface area contributed by atoms with Crippen LogP contribution >= 0.6 is 0 Å². The Labute approximate surface area is 117 Å². The van der Waals surface area contributed by atoms with Crippen LogP contribution in [0.15, 0.2) is 12.3 Å². The molecule has 0 aromatic carbocycles. The molecule has 0 spiro atoms. The Morgan fingerprint density at radius 1 is 1.35 bits per heavy atom. The normalized spacial score (nSPS) is 25.2. The lowest BCUT2D eigenvalue weighted by molar-refractivity contribution is -0.125. The fraction of sp³-hybridized carbons (Fsp3) is 0.467. The topological polar surface area (TPSA) is 72.0 Å². The number of hydrogen-bond donors (Lipinski definition) is 1. The van der Waals surface area contributed by atoms with E-state index in [9.17, 15) is 9.59 Å². The molecule has 1 aromatic heterocycles. The van der Waals surface area contributed by atoms with Crippen LogP contribution in [0.5, 0.6) is 0 Å². The van der Waals surface area contributed by atoms with Gasteiger partial charge >= 0.3 is 0 Å². The molecule has 1 fully saturated rings. The number of carbonyl (C=O) groups is 2. The SMILES string of the molecule is CCC1CC1c1cc(C2=CNC(=O)CC2=O)nnc1C. The van der Waals surface area contributed by atoms with Crippen molar-refractivity contribution < 1.29 is 9.59 Å². The first kappa shape index (κ1) is 13.0. The molecule has 1 aromatic rings. The number of rotatable bonds is 3. The fourth-order valence-corrected chi connectivity index (χ4v) is 2.80. The van der Waals surface area contributed by atoms with Crippen molar-refractivity contribution in [2.45, 2.75) is 39.0 Å². The molecule has 0 radical (unpaired) electrons. The number of allylic oxidation sites excluding steroid dienone is 1. The van der Waals surface area contributed by atoms with E-state index < -0.39 is 0 Å². The van der Waals surface area contributed by atoms with Gasteiger partial charge in [-0.15, -0.1) is 0 Å². The van der Waals surface area contributed by atoms with Crippen LogP contribution < -0.4 is 5.32 Å². The molecule has 0 bridgehead atoms. The second kappa shape index (κ2) is 4.81. The zero-order valence-electron chi connectivity index (χ0n) is 11.6. The highest BCUT2D eigenvalue weighted by molar-refractivity contribution is 6.27. The number of ketones is 1. The van der Waals surface area contributed by atoms with E-state index in [1.807, 2.05) is 13.0 Å². The van der Waals surface area contributed by atoms with Gasteiger partial charge in [-0.25, -0.2) is 0 Å². The summed E-state index contributed by atoms with van der Waals surface area (Å²) in [4.78, 5) is 23.1. The van der Waals surface area contributed by atoms with Crippen LogP contribution in [0.3, 0.4) is 0 Å². The summed E-state index contributed by atoms with van der Waals surface area (Å²) < 4.78 is 0. The molecular weight excluding hydrogens is 254 g/mol. The van der Waals surface area contributed by atoms with Gasteiger partial charge < -0.3 is 5.32 Å². The van der Waals surface area contributed by atoms with Crippen molar-refractivity contribution in [1.29, 1.82) is 0 Å². The summed E-state index contributed by atoms with van der Waals surface area (Å²) in [6.07, 6.45) is 3.69. The van der Waals surface area contributed by atoms with Gasteiger partial charge in [0.15, 0.2) is 5.78 Å². The van der Waals surface area contributed by atoms with Crippen LogP contribution in [-0.4, -0.2) is 21.9 Å². The van der Waals surface area contributed by atoms with E-state index in [0.29, 0.717) is 17.2 Å². The van der Waals surface area contributed by atoms with Crippen LogP contribution in [0.4, 0.5) is 0 Å². The molecule has 2 aliphatic rings. The average Bonchev–Trinajstić information content (AvgIpc) is 3.19. The molecule has 2 unspecified atom stereocenters. The molecular formula is C15H17N3O2. The summed E-state index contributed by atoms with van der Waals surface area (Å²) in [5.41, 5.74) is 3.14. The predicted octanol–water partition coefficient (Wildman–Crippen LogP) is 1.73. The molecule has 3 rings (SSSR count). The molecule has 1 N–H and O–H groups in total. The van der Waals surface area contributed by atoms with Crippen molar-refractivity contribution in [1.82, 2.24) is 15.5 Å². The van der Waals surface area contributed by atoms with Crippen LogP contribution in [-0.2, 0) is 9.59 Å². The van der Waals surface area contributed by atoms with Gasteiger partial charge in [0.1, 0.15) is 0 Å². The lowest BCUT2D eigenvalue weighted by Gasteiger charge is -2.13. The molecule has 1 amide bonds. The van der Waals surface area contributed by atoms with Crippen LogP contribution in [0.2, 0.25) is 0 Å². The van der Waals surface area contributed by atoms with E-state index in [1.165, 1.54) is 24.6 Å². The van der Waals surface area contributed by atoms with Crippen LogP contribution in [0.25, 0.3) is 5.57 Å². The molecule has 2 heterocycles. The summed E-state index contributed by atoms with van der Waals surface area (Å²) >= 11 is 0. The minimum Gasteiger partial charge on any atom is -0.331 e. The van der Waals surface area contributed by atoms with Crippen molar-refractivity contribution >= 4 is 17.3 Å². The third-order valence-corrected chi connectivity index (χ3v) is 4.14. The smallest absolute Gasteiger partial charge is 0.231 e. The van der Waals surface area contributed by atoms with Gasteiger partial charge in [-0.1, -0.05) is 13.3 Å². The minimum atomic E-state index is -0.271. The Kier molecular flexibility index (Phi) is 3.12. The Morgan fingerprint density at radius 3 is 2.80 bits per heavy atom. The minimum absolute atomic E-state index is 0.113. The maximum Gasteiger partial charge on any atom is 0.231 e. The second-order valence-electron chi connectivity index (χ2n) is 5.51. The van der Waals surface area contributed by atoms with Crippen molar-refractivity contribution in [2.24, 2.45) is 5.92 Å². The number of aryl methyl sites for hydroxylation is 1. The molecule has 1 aliphatic carbocycles. The van der Waals surface area contributed by atoms with Gasteiger partial charge in [0, 0.05) is 6.20 Å². The van der Waals surface area contributed by atoms with Crippen molar-refractivity contribution in [3.05, 3.63) is 29.2 Å². The third kappa shape index (κ3) is 2.24. The molecule has 1 aliphatic heterocycles. The van der Waals surface area contributed by atoms with Crippen molar-refractivity contribution in [3.63, 3.8) is 0 Å². The second-order valence-corrected chi connectivity index (χ2v) is 5.51. The molecule has 104 valence electrons. The lowest BCUT2D eigenvalue weighted by atomic mass is 9.99. The Hall–Kier alpha value is -2.04. The predicted molar refractivity (Wildman–Crippen MR) is 73.7 cm³/mol. The number of nitrogens with zero attached hydrogens (tertiary/aromatic N) is 2. The van der Waals surface area contributed by atoms with Gasteiger partial charge in [-0.3, -0.25) is 9.59 Å². The zero-order valence-corrected chi connectivity index (χ0v) is 11.6. The van der Waals surface area contributed by atoms with Crippen molar-refractivity contribution in [2.75, 3.05) is 0 Å². The van der Waals surface area contributed by atoms with Crippen LogP contribution in [0.1, 0.15) is 49.1 Å². The average molecular weight is 271 g/mol. The monoisotopic (exact) mass is 271 g/mol. The molecule has 20 heavy (non-hydrogen) atoms. The van der Waals surface area contributed by atoms with Gasteiger partial charge in [-0.2, -0.15) is 10.2 Å². The fourth-order valence-electron chi connectivity index (χ4n) is 2.80. The number of hydrogen-bond acceptors (Lipinski definition) is 4. The van der Waals surface area contributed by atoms with E-state index in [2.05, 4.69) is 22.4 Å². The third-order valence-electron chi connectivity index (χ3n) is 4.14. The first-order valence-corrected chi connectivity index (χ1v) is 6.97. The van der Waals surface area contributed by atoms with Crippen LogP contribution in [0, 0.1) is 12.8 Å². The number of amides is 1. The summed E-state index contributed by atoms with van der Waals surface area (Å²) in [6, 6.07) is 1.96. The quantitative estimate of drug-likeness (QED) is 0.850. The highest BCUT2D eigenvalue weighted by Gasteiger charge is 2.38. The number of nitrogens with one attached hydrogen (secondary N) is 1. The molecule has 5 nitrogen and oxygen atoms in total. The van der Waals surface area contributed by atoms with Crippen molar-refractivity contribution in [3.8, 4) is 0 Å². The highest BCUT2D eigenvalue weighted by Crippen LogP contribution is 2.50. The lowest BCUT2D eigenvalue weighted by Crippen LogP contribution is -2.27. The highest BCUT2D eigenvalue weighted by atomic mass is 16.2. The van der Waals surface area contributed by atoms with Gasteiger partial charge in [0.2, 0.25) is 5.91 Å². The first-order chi connectivity index (χ1) is 9.60. The summed E-state index contributed by atoms with van der Waals surface area (Å²) in [5.74, 6) is 0.803. The number of aromatic nitrogens is 2. The van der Waals surface area contributed by atoms with Gasteiger partial charge in [0.05, 0.1) is 23.4 Å². The molecule has 2 atom stereocenters. The van der Waals surface area contributed by atoms with E-state index >= 15 is 0 Å². The molecule has 0 saturated heterocycles. The molecule has 5 heteroatoms. The van der Waals surface area contributed by atoms with E-state index in [1.54, 1.807) is 0 Å². The Bertz CT molecular complexity index is 622. The molecule has 1 saturated carbocycles. The maximum absolute atomic E-state index is 11.9. The van der Waals surface area contributed by atoms with E-state index in [-0.39, 0.29) is 18.1 Å². The standard InChI is InChI=1S/C15H17N3O2/c1-3-9-4-11(9)10-5-13(18-17-8(10)2)12-7-16-15(20)6-14(12)19/h5,7,9,11H,3-4,6H2,1-2H3,(H,16,20). The summed E-state index contributed by atoms with van der Waals surface area (Å²) in [7, 11) is 0. The summed E-state index contributed by atoms with van der Waals surface area (Å²) in [6.45, 7) is 4.15. The van der Waals surface area contributed by atoms with Gasteiger partial charge in [-0.05, 0) is 36.8 Å². The largest absolute Gasteiger partial charge is 0.331 e.